The molecule has 0 amide bonds. The SMILES string of the molecule is CCCCCCCCCC(CCCCCCCC(=O)OC)OCCC. The van der Waals surface area contributed by atoms with Crippen molar-refractivity contribution in [3.63, 3.8) is 0 Å². The van der Waals surface area contributed by atoms with Crippen molar-refractivity contribution in [3.8, 4) is 0 Å². The van der Waals surface area contributed by atoms with E-state index in [4.69, 9.17) is 4.74 Å². The Bertz CT molecular complexity index is 278. The van der Waals surface area contributed by atoms with Crippen molar-refractivity contribution in [1.29, 1.82) is 0 Å². The van der Waals surface area contributed by atoms with Gasteiger partial charge in [0.1, 0.15) is 0 Å². The predicted octanol–water partition coefficient (Wildman–Crippen LogP) is 6.83. The summed E-state index contributed by atoms with van der Waals surface area (Å²) >= 11 is 0. The highest BCUT2D eigenvalue weighted by Crippen LogP contribution is 2.17. The lowest BCUT2D eigenvalue weighted by Crippen LogP contribution is -2.13. The lowest BCUT2D eigenvalue weighted by Gasteiger charge is -2.17. The Morgan fingerprint density at radius 2 is 1.24 bits per heavy atom. The Hall–Kier alpha value is -0.570. The molecule has 0 radical (unpaired) electrons. The molecule has 0 aromatic rings. The first-order valence-corrected chi connectivity index (χ1v) is 10.9. The van der Waals surface area contributed by atoms with Gasteiger partial charge in [-0.1, -0.05) is 84.5 Å². The fraction of sp³-hybridized carbons (Fsp3) is 0.955. The summed E-state index contributed by atoms with van der Waals surface area (Å²) in [6.45, 7) is 5.36. The highest BCUT2D eigenvalue weighted by atomic mass is 16.5. The second-order valence-electron chi connectivity index (χ2n) is 7.29. The summed E-state index contributed by atoms with van der Waals surface area (Å²) in [4.78, 5) is 11.1. The number of esters is 1. The summed E-state index contributed by atoms with van der Waals surface area (Å²) in [6, 6.07) is 0. The maximum absolute atomic E-state index is 11.1. The lowest BCUT2D eigenvalue weighted by atomic mass is 10.0. The maximum Gasteiger partial charge on any atom is 0.305 e. The third-order valence-electron chi connectivity index (χ3n) is 4.82. The maximum atomic E-state index is 11.1. The van der Waals surface area contributed by atoms with Gasteiger partial charge in [-0.15, -0.1) is 0 Å². The molecule has 0 spiro atoms. The fourth-order valence-corrected chi connectivity index (χ4v) is 3.20. The molecule has 0 N–H and O–H groups in total. The third kappa shape index (κ3) is 18.0. The van der Waals surface area contributed by atoms with Gasteiger partial charge in [-0.25, -0.2) is 0 Å². The molecule has 0 fully saturated rings. The van der Waals surface area contributed by atoms with Gasteiger partial charge in [-0.2, -0.15) is 0 Å². The molecule has 0 heterocycles. The molecule has 0 rings (SSSR count). The van der Waals surface area contributed by atoms with Gasteiger partial charge in [0.05, 0.1) is 13.2 Å². The van der Waals surface area contributed by atoms with Crippen molar-refractivity contribution in [2.75, 3.05) is 13.7 Å². The van der Waals surface area contributed by atoms with Crippen LogP contribution in [0.25, 0.3) is 0 Å². The van der Waals surface area contributed by atoms with Crippen LogP contribution in [0.2, 0.25) is 0 Å². The monoisotopic (exact) mass is 356 g/mol. The summed E-state index contributed by atoms with van der Waals surface area (Å²) in [5, 5.41) is 0. The van der Waals surface area contributed by atoms with Gasteiger partial charge in [0.2, 0.25) is 0 Å². The second-order valence-corrected chi connectivity index (χ2v) is 7.29. The first kappa shape index (κ1) is 24.4. The lowest BCUT2D eigenvalue weighted by molar-refractivity contribution is -0.140. The minimum absolute atomic E-state index is 0.0808. The van der Waals surface area contributed by atoms with Crippen molar-refractivity contribution >= 4 is 5.97 Å². The number of rotatable bonds is 19. The Kier molecular flexibility index (Phi) is 19.3. The topological polar surface area (TPSA) is 35.5 Å². The standard InChI is InChI=1S/C22H44O3/c1-4-6-7-8-9-11-14-17-21(25-20-5-2)18-15-12-10-13-16-19-22(23)24-3/h21H,4-20H2,1-3H3. The van der Waals surface area contributed by atoms with Crippen molar-refractivity contribution in [2.45, 2.75) is 123 Å². The Morgan fingerprint density at radius 3 is 1.76 bits per heavy atom. The largest absolute Gasteiger partial charge is 0.469 e. The van der Waals surface area contributed by atoms with Crippen LogP contribution in [0.1, 0.15) is 117 Å². The van der Waals surface area contributed by atoms with E-state index in [1.165, 1.54) is 84.2 Å². The van der Waals surface area contributed by atoms with Gasteiger partial charge in [0.25, 0.3) is 0 Å². The van der Waals surface area contributed by atoms with Crippen LogP contribution in [0.4, 0.5) is 0 Å². The van der Waals surface area contributed by atoms with Crippen LogP contribution < -0.4 is 0 Å². The van der Waals surface area contributed by atoms with Crippen LogP contribution in [0.5, 0.6) is 0 Å². The number of ether oxygens (including phenoxy) is 2. The molecular formula is C22H44O3. The molecule has 0 aliphatic carbocycles. The molecule has 150 valence electrons. The van der Waals surface area contributed by atoms with E-state index in [1.807, 2.05) is 0 Å². The second kappa shape index (κ2) is 19.8. The van der Waals surface area contributed by atoms with Crippen molar-refractivity contribution in [1.82, 2.24) is 0 Å². The average Bonchev–Trinajstić information content (AvgIpc) is 2.63. The molecule has 0 aliphatic rings. The van der Waals surface area contributed by atoms with E-state index < -0.39 is 0 Å². The van der Waals surface area contributed by atoms with Gasteiger partial charge < -0.3 is 9.47 Å². The molecule has 3 nitrogen and oxygen atoms in total. The molecule has 0 saturated heterocycles. The number of hydrogen-bond acceptors (Lipinski definition) is 3. The molecule has 0 aromatic carbocycles. The summed E-state index contributed by atoms with van der Waals surface area (Å²) in [6.07, 6.45) is 20.0. The summed E-state index contributed by atoms with van der Waals surface area (Å²) in [5.41, 5.74) is 0. The predicted molar refractivity (Wildman–Crippen MR) is 107 cm³/mol. The van der Waals surface area contributed by atoms with E-state index in [2.05, 4.69) is 18.6 Å². The van der Waals surface area contributed by atoms with E-state index in [0.29, 0.717) is 12.5 Å². The van der Waals surface area contributed by atoms with Crippen molar-refractivity contribution < 1.29 is 14.3 Å². The van der Waals surface area contributed by atoms with Crippen LogP contribution in [-0.2, 0) is 14.3 Å². The average molecular weight is 357 g/mol. The van der Waals surface area contributed by atoms with Crippen molar-refractivity contribution in [3.05, 3.63) is 0 Å². The Morgan fingerprint density at radius 1 is 0.720 bits per heavy atom. The van der Waals surface area contributed by atoms with Crippen LogP contribution in [0, 0.1) is 0 Å². The first-order valence-electron chi connectivity index (χ1n) is 10.9. The highest BCUT2D eigenvalue weighted by molar-refractivity contribution is 5.68. The van der Waals surface area contributed by atoms with Crippen LogP contribution in [0.15, 0.2) is 0 Å². The minimum atomic E-state index is -0.0808. The molecule has 0 aromatic heterocycles. The number of carbonyl (C=O) groups is 1. The number of unbranched alkanes of at least 4 members (excludes halogenated alkanes) is 10. The highest BCUT2D eigenvalue weighted by Gasteiger charge is 2.08. The van der Waals surface area contributed by atoms with E-state index in [0.717, 1.165) is 25.9 Å². The molecule has 25 heavy (non-hydrogen) atoms. The van der Waals surface area contributed by atoms with Gasteiger partial charge in [0.15, 0.2) is 0 Å². The summed E-state index contributed by atoms with van der Waals surface area (Å²) < 4.78 is 10.7. The van der Waals surface area contributed by atoms with E-state index in [1.54, 1.807) is 0 Å². The summed E-state index contributed by atoms with van der Waals surface area (Å²) in [5.74, 6) is -0.0808. The smallest absolute Gasteiger partial charge is 0.305 e. The van der Waals surface area contributed by atoms with Gasteiger partial charge in [-0.05, 0) is 25.7 Å². The number of hydrogen-bond donors (Lipinski definition) is 0. The normalized spacial score (nSPS) is 12.3. The molecule has 0 bridgehead atoms. The van der Waals surface area contributed by atoms with Gasteiger partial charge in [0, 0.05) is 13.0 Å². The van der Waals surface area contributed by atoms with E-state index >= 15 is 0 Å². The van der Waals surface area contributed by atoms with Crippen LogP contribution >= 0.6 is 0 Å². The molecule has 0 saturated carbocycles. The molecule has 3 heteroatoms. The zero-order valence-corrected chi connectivity index (χ0v) is 17.3. The number of methoxy groups -OCH3 is 1. The van der Waals surface area contributed by atoms with E-state index in [-0.39, 0.29) is 5.97 Å². The minimum Gasteiger partial charge on any atom is -0.469 e. The fourth-order valence-electron chi connectivity index (χ4n) is 3.20. The van der Waals surface area contributed by atoms with Crippen molar-refractivity contribution in [2.24, 2.45) is 0 Å². The summed E-state index contributed by atoms with van der Waals surface area (Å²) in [7, 11) is 1.46. The number of carbonyl (C=O) groups excluding carboxylic acids is 1. The quantitative estimate of drug-likeness (QED) is 0.188. The Labute approximate surface area is 157 Å². The molecule has 1 atom stereocenters. The Balaban J connectivity index is 3.61. The third-order valence-corrected chi connectivity index (χ3v) is 4.82. The first-order chi connectivity index (χ1) is 12.2. The van der Waals surface area contributed by atoms with Crippen LogP contribution in [0.3, 0.4) is 0 Å². The zero-order valence-electron chi connectivity index (χ0n) is 17.3. The molecular weight excluding hydrogens is 312 g/mol. The molecule has 0 aliphatic heterocycles. The van der Waals surface area contributed by atoms with Gasteiger partial charge >= 0.3 is 5.97 Å². The van der Waals surface area contributed by atoms with Gasteiger partial charge in [-0.3, -0.25) is 4.79 Å². The molecule has 1 unspecified atom stereocenters. The van der Waals surface area contributed by atoms with E-state index in [9.17, 15) is 4.79 Å². The van der Waals surface area contributed by atoms with Crippen LogP contribution in [-0.4, -0.2) is 25.8 Å². The zero-order chi connectivity index (χ0) is 18.6.